The topological polar surface area (TPSA) is 66.5 Å². The van der Waals surface area contributed by atoms with Crippen LogP contribution in [-0.4, -0.2) is 36.1 Å². The standard InChI is InChI=1S/C15H18Cl2N2O3S/c16-15(17)10-13(15)14(20)18-11-5-4-6-12(9-11)23(21,22)19-7-2-1-3-8-19/h4-6,9,13H,1-3,7-8,10H2,(H,18,20)/t13-/m0/s1. The minimum Gasteiger partial charge on any atom is -0.326 e. The number of carbonyl (C=O) groups is 1. The molecule has 1 aromatic carbocycles. The molecule has 1 atom stereocenters. The van der Waals surface area contributed by atoms with E-state index in [1.54, 1.807) is 18.2 Å². The number of alkyl halides is 2. The number of anilines is 1. The van der Waals surface area contributed by atoms with Crippen LogP contribution >= 0.6 is 23.2 Å². The van der Waals surface area contributed by atoms with Crippen molar-refractivity contribution < 1.29 is 13.2 Å². The highest BCUT2D eigenvalue weighted by Crippen LogP contribution is 2.53. The van der Waals surface area contributed by atoms with Crippen molar-refractivity contribution in [1.82, 2.24) is 4.31 Å². The molecule has 5 nitrogen and oxygen atoms in total. The van der Waals surface area contributed by atoms with Crippen molar-refractivity contribution in [2.75, 3.05) is 18.4 Å². The molecular weight excluding hydrogens is 359 g/mol. The molecule has 2 fully saturated rings. The summed E-state index contributed by atoms with van der Waals surface area (Å²) in [6, 6.07) is 6.30. The predicted octanol–water partition coefficient (Wildman–Crippen LogP) is 2.99. The molecule has 23 heavy (non-hydrogen) atoms. The summed E-state index contributed by atoms with van der Waals surface area (Å²) in [6.45, 7) is 1.09. The molecule has 8 heteroatoms. The van der Waals surface area contributed by atoms with Crippen molar-refractivity contribution in [3.05, 3.63) is 24.3 Å². The van der Waals surface area contributed by atoms with Gasteiger partial charge in [0.05, 0.1) is 10.8 Å². The molecule has 1 saturated heterocycles. The summed E-state index contributed by atoms with van der Waals surface area (Å²) < 4.78 is 25.8. The zero-order valence-electron chi connectivity index (χ0n) is 12.5. The van der Waals surface area contributed by atoms with Crippen LogP contribution in [0.4, 0.5) is 5.69 Å². The lowest BCUT2D eigenvalue weighted by Gasteiger charge is -2.26. The lowest BCUT2D eigenvalue weighted by atomic mass is 10.2. The van der Waals surface area contributed by atoms with Crippen LogP contribution in [0.15, 0.2) is 29.2 Å². The first-order chi connectivity index (χ1) is 10.8. The van der Waals surface area contributed by atoms with Crippen LogP contribution in [0.1, 0.15) is 25.7 Å². The molecule has 126 valence electrons. The number of nitrogens with one attached hydrogen (secondary N) is 1. The van der Waals surface area contributed by atoms with Crippen molar-refractivity contribution in [3.63, 3.8) is 0 Å². The molecule has 2 aliphatic rings. The molecule has 1 heterocycles. The Balaban J connectivity index is 1.75. The fraction of sp³-hybridized carbons (Fsp3) is 0.533. The Morgan fingerprint density at radius 3 is 2.48 bits per heavy atom. The van der Waals surface area contributed by atoms with Crippen molar-refractivity contribution in [1.29, 1.82) is 0 Å². The summed E-state index contributed by atoms with van der Waals surface area (Å²) in [5.41, 5.74) is 0.434. The number of hydrogen-bond donors (Lipinski definition) is 1. The molecule has 1 aliphatic carbocycles. The normalized spacial score (nSPS) is 24.2. The summed E-state index contributed by atoms with van der Waals surface area (Å²) >= 11 is 11.8. The first-order valence-corrected chi connectivity index (χ1v) is 9.79. The lowest BCUT2D eigenvalue weighted by molar-refractivity contribution is -0.117. The number of piperidine rings is 1. The summed E-state index contributed by atoms with van der Waals surface area (Å²) in [5, 5.41) is 2.68. The van der Waals surface area contributed by atoms with Crippen molar-refractivity contribution in [3.8, 4) is 0 Å². The second-order valence-corrected chi connectivity index (χ2v) is 9.48. The van der Waals surface area contributed by atoms with E-state index in [1.165, 1.54) is 10.4 Å². The predicted molar refractivity (Wildman–Crippen MR) is 90.2 cm³/mol. The van der Waals surface area contributed by atoms with Crippen LogP contribution in [0.25, 0.3) is 0 Å². The van der Waals surface area contributed by atoms with Crippen molar-refractivity contribution in [2.24, 2.45) is 5.92 Å². The van der Waals surface area contributed by atoms with Gasteiger partial charge in [0.25, 0.3) is 0 Å². The van der Waals surface area contributed by atoms with Gasteiger partial charge in [0.15, 0.2) is 0 Å². The Morgan fingerprint density at radius 2 is 1.87 bits per heavy atom. The first-order valence-electron chi connectivity index (χ1n) is 7.60. The Labute approximate surface area is 146 Å². The van der Waals surface area contributed by atoms with Crippen molar-refractivity contribution >= 4 is 44.8 Å². The van der Waals surface area contributed by atoms with E-state index >= 15 is 0 Å². The van der Waals surface area contributed by atoms with Crippen LogP contribution in [-0.2, 0) is 14.8 Å². The molecular formula is C15H18Cl2N2O3S. The van der Waals surface area contributed by atoms with E-state index in [0.29, 0.717) is 25.2 Å². The third-order valence-electron chi connectivity index (χ3n) is 4.20. The number of hydrogen-bond acceptors (Lipinski definition) is 3. The number of rotatable bonds is 4. The second kappa shape index (κ2) is 6.24. The molecule has 1 amide bonds. The highest BCUT2D eigenvalue weighted by molar-refractivity contribution is 7.89. The number of nitrogens with zero attached hydrogens (tertiary/aromatic N) is 1. The average Bonchev–Trinajstić information content (AvgIpc) is 3.17. The highest BCUT2D eigenvalue weighted by atomic mass is 35.5. The van der Waals surface area contributed by atoms with E-state index in [0.717, 1.165) is 19.3 Å². The number of sulfonamides is 1. The van der Waals surface area contributed by atoms with Gasteiger partial charge >= 0.3 is 0 Å². The molecule has 0 bridgehead atoms. The van der Waals surface area contributed by atoms with Crippen LogP contribution in [0.5, 0.6) is 0 Å². The lowest BCUT2D eigenvalue weighted by Crippen LogP contribution is -2.35. The van der Waals surface area contributed by atoms with Gasteiger partial charge in [-0.1, -0.05) is 12.5 Å². The number of carbonyl (C=O) groups excluding carboxylic acids is 1. The SMILES string of the molecule is O=C(Nc1cccc(S(=O)(=O)N2CCCCC2)c1)[C@@H]1CC1(Cl)Cl. The molecule has 1 N–H and O–H groups in total. The first kappa shape index (κ1) is 17.0. The molecule has 3 rings (SSSR count). The maximum atomic E-state index is 12.6. The maximum absolute atomic E-state index is 12.6. The summed E-state index contributed by atoms with van der Waals surface area (Å²) in [5.74, 6) is -0.740. The van der Waals surface area contributed by atoms with E-state index in [-0.39, 0.29) is 10.8 Å². The van der Waals surface area contributed by atoms with E-state index in [1.807, 2.05) is 0 Å². The summed E-state index contributed by atoms with van der Waals surface area (Å²) in [4.78, 5) is 12.2. The summed E-state index contributed by atoms with van der Waals surface area (Å²) in [7, 11) is -3.52. The fourth-order valence-electron chi connectivity index (χ4n) is 2.72. The largest absolute Gasteiger partial charge is 0.326 e. The third-order valence-corrected chi connectivity index (χ3v) is 6.93. The second-order valence-electron chi connectivity index (χ2n) is 6.00. The van der Waals surface area contributed by atoms with Crippen molar-refractivity contribution in [2.45, 2.75) is 34.9 Å². The van der Waals surface area contributed by atoms with Crippen LogP contribution in [0.2, 0.25) is 0 Å². The highest BCUT2D eigenvalue weighted by Gasteiger charge is 2.56. The van der Waals surface area contributed by atoms with Gasteiger partial charge in [-0.05, 0) is 37.5 Å². The molecule has 0 spiro atoms. The van der Waals surface area contributed by atoms with E-state index in [9.17, 15) is 13.2 Å². The fourth-order valence-corrected chi connectivity index (χ4v) is 4.79. The van der Waals surface area contributed by atoms with Gasteiger partial charge in [0.1, 0.15) is 4.33 Å². The quantitative estimate of drug-likeness (QED) is 0.821. The average molecular weight is 377 g/mol. The van der Waals surface area contributed by atoms with Gasteiger partial charge in [-0.2, -0.15) is 4.31 Å². The zero-order chi connectivity index (χ0) is 16.7. The maximum Gasteiger partial charge on any atom is 0.243 e. The Kier molecular flexibility index (Phi) is 4.62. The third kappa shape index (κ3) is 3.65. The van der Waals surface area contributed by atoms with Crippen LogP contribution in [0, 0.1) is 5.92 Å². The van der Waals surface area contributed by atoms with Gasteiger partial charge < -0.3 is 5.32 Å². The minimum atomic E-state index is -3.52. The van der Waals surface area contributed by atoms with Gasteiger partial charge in [0, 0.05) is 18.8 Å². The van der Waals surface area contributed by atoms with E-state index in [4.69, 9.17) is 23.2 Å². The molecule has 0 aromatic heterocycles. The van der Waals surface area contributed by atoms with Crippen LogP contribution < -0.4 is 5.32 Å². The zero-order valence-corrected chi connectivity index (χ0v) is 14.8. The van der Waals surface area contributed by atoms with E-state index in [2.05, 4.69) is 5.32 Å². The van der Waals surface area contributed by atoms with Gasteiger partial charge in [-0.25, -0.2) is 8.42 Å². The number of halogens is 2. The van der Waals surface area contributed by atoms with E-state index < -0.39 is 20.3 Å². The molecule has 0 unspecified atom stereocenters. The molecule has 0 radical (unpaired) electrons. The molecule has 1 saturated carbocycles. The summed E-state index contributed by atoms with van der Waals surface area (Å²) in [6.07, 6.45) is 3.23. The Bertz CT molecular complexity index is 715. The number of amides is 1. The minimum absolute atomic E-state index is 0.191. The Hall–Kier alpha value is -0.820. The molecule has 1 aliphatic heterocycles. The van der Waals surface area contributed by atoms with Gasteiger partial charge in [-0.15, -0.1) is 23.2 Å². The van der Waals surface area contributed by atoms with Gasteiger partial charge in [-0.3, -0.25) is 4.79 Å². The van der Waals surface area contributed by atoms with Crippen LogP contribution in [0.3, 0.4) is 0 Å². The van der Waals surface area contributed by atoms with Gasteiger partial charge in [0.2, 0.25) is 15.9 Å². The smallest absolute Gasteiger partial charge is 0.243 e. The Morgan fingerprint density at radius 1 is 1.22 bits per heavy atom. The number of benzene rings is 1. The molecule has 1 aromatic rings. The monoisotopic (exact) mass is 376 g/mol.